The van der Waals surface area contributed by atoms with Gasteiger partial charge in [-0.25, -0.2) is 0 Å². The first-order chi connectivity index (χ1) is 13.0. The van der Waals surface area contributed by atoms with Gasteiger partial charge in [-0.15, -0.1) is 0 Å². The number of amides is 1. The lowest BCUT2D eigenvalue weighted by Gasteiger charge is -2.22. The average Bonchev–Trinajstić information content (AvgIpc) is 3.18. The van der Waals surface area contributed by atoms with Gasteiger partial charge in [0.25, 0.3) is 5.91 Å². The van der Waals surface area contributed by atoms with Gasteiger partial charge in [-0.1, -0.05) is 18.2 Å². The van der Waals surface area contributed by atoms with Gasteiger partial charge in [0.05, 0.1) is 12.6 Å². The molecule has 3 aromatic rings. The summed E-state index contributed by atoms with van der Waals surface area (Å²) in [6, 6.07) is 11.5. The molecule has 0 saturated carbocycles. The number of aromatic hydroxyl groups is 2. The lowest BCUT2D eigenvalue weighted by atomic mass is 9.95. The van der Waals surface area contributed by atoms with Crippen molar-refractivity contribution >= 4 is 5.91 Å². The monoisotopic (exact) mass is 365 g/mol. The number of nitrogens with one attached hydrogen (secondary N) is 1. The highest BCUT2D eigenvalue weighted by Gasteiger charge is 2.40. The van der Waals surface area contributed by atoms with Crippen LogP contribution in [0.5, 0.6) is 17.2 Å². The third kappa shape index (κ3) is 2.59. The summed E-state index contributed by atoms with van der Waals surface area (Å²) in [6.45, 7) is 2.25. The average molecular weight is 365 g/mol. The van der Waals surface area contributed by atoms with E-state index < -0.39 is 6.04 Å². The first-order valence-corrected chi connectivity index (χ1v) is 8.62. The van der Waals surface area contributed by atoms with E-state index in [1.165, 1.54) is 0 Å². The van der Waals surface area contributed by atoms with E-state index in [1.807, 2.05) is 6.92 Å². The molecule has 0 radical (unpaired) electrons. The van der Waals surface area contributed by atoms with Gasteiger partial charge in [0.1, 0.15) is 17.1 Å². The van der Waals surface area contributed by atoms with E-state index in [-0.39, 0.29) is 17.4 Å². The molecule has 1 aliphatic heterocycles. The predicted molar refractivity (Wildman–Crippen MR) is 98.9 cm³/mol. The number of carbonyl (C=O) groups excluding carboxylic acids is 1. The molecule has 0 fully saturated rings. The summed E-state index contributed by atoms with van der Waals surface area (Å²) >= 11 is 0. The van der Waals surface area contributed by atoms with Crippen molar-refractivity contribution in [2.45, 2.75) is 13.0 Å². The standard InChI is InChI=1S/C20H19N3O4/c1-3-27-15-10-11(8-9-14(15)25)19-16-17(12-6-4-5-7-13(12)24)21-22-18(16)20(26)23(19)2/h4-10,19,24-25H,3H2,1-2H3,(H,21,22)/t19-/m1/s1. The highest BCUT2D eigenvalue weighted by Crippen LogP contribution is 2.44. The van der Waals surface area contributed by atoms with Crippen molar-refractivity contribution in [1.82, 2.24) is 15.1 Å². The molecule has 3 N–H and O–H groups in total. The minimum Gasteiger partial charge on any atom is -0.507 e. The number of rotatable bonds is 4. The largest absolute Gasteiger partial charge is 0.507 e. The maximum atomic E-state index is 12.7. The van der Waals surface area contributed by atoms with Crippen LogP contribution >= 0.6 is 0 Å². The SMILES string of the molecule is CCOc1cc([C@@H]2c3c(-c4ccccc4O)n[nH]c3C(=O)N2C)ccc1O. The first kappa shape index (κ1) is 17.0. The molecule has 0 bridgehead atoms. The molecule has 1 aliphatic rings. The Labute approximate surface area is 155 Å². The number of hydrogen-bond donors (Lipinski definition) is 3. The molecule has 4 rings (SSSR count). The molecule has 138 valence electrons. The maximum absolute atomic E-state index is 12.7. The molecular weight excluding hydrogens is 346 g/mol. The summed E-state index contributed by atoms with van der Waals surface area (Å²) in [5.41, 5.74) is 2.94. The molecule has 0 spiro atoms. The van der Waals surface area contributed by atoms with Crippen LogP contribution in [0.1, 0.15) is 34.6 Å². The second kappa shape index (κ2) is 6.35. The van der Waals surface area contributed by atoms with Crippen molar-refractivity contribution in [3.63, 3.8) is 0 Å². The van der Waals surface area contributed by atoms with E-state index in [0.29, 0.717) is 34.9 Å². The summed E-state index contributed by atoms with van der Waals surface area (Å²) in [7, 11) is 1.71. The van der Waals surface area contributed by atoms with Gasteiger partial charge in [0, 0.05) is 18.2 Å². The summed E-state index contributed by atoms with van der Waals surface area (Å²) in [4.78, 5) is 14.3. The lowest BCUT2D eigenvalue weighted by molar-refractivity contribution is 0.0787. The Morgan fingerprint density at radius 2 is 1.96 bits per heavy atom. The summed E-state index contributed by atoms with van der Waals surface area (Å²) < 4.78 is 5.49. The fourth-order valence-corrected chi connectivity index (χ4v) is 3.51. The van der Waals surface area contributed by atoms with Gasteiger partial charge >= 0.3 is 0 Å². The van der Waals surface area contributed by atoms with Crippen molar-refractivity contribution in [3.8, 4) is 28.5 Å². The molecule has 0 aliphatic carbocycles. The number of ether oxygens (including phenoxy) is 1. The van der Waals surface area contributed by atoms with Crippen molar-refractivity contribution in [2.75, 3.05) is 13.7 Å². The molecule has 1 atom stereocenters. The lowest BCUT2D eigenvalue weighted by Crippen LogP contribution is -2.24. The molecule has 0 saturated heterocycles. The van der Waals surface area contributed by atoms with Crippen LogP contribution in [0.15, 0.2) is 42.5 Å². The Morgan fingerprint density at radius 1 is 1.19 bits per heavy atom. The molecular formula is C20H19N3O4. The predicted octanol–water partition coefficient (Wildman–Crippen LogP) is 3.06. The molecule has 1 aromatic heterocycles. The van der Waals surface area contributed by atoms with E-state index >= 15 is 0 Å². The van der Waals surface area contributed by atoms with Gasteiger partial charge in [0.2, 0.25) is 0 Å². The van der Waals surface area contributed by atoms with Crippen LogP contribution < -0.4 is 4.74 Å². The van der Waals surface area contributed by atoms with E-state index in [9.17, 15) is 15.0 Å². The summed E-state index contributed by atoms with van der Waals surface area (Å²) in [5.74, 6) is 0.307. The number of phenolic OH excluding ortho intramolecular Hbond substituents is 2. The van der Waals surface area contributed by atoms with Crippen LogP contribution in [0.2, 0.25) is 0 Å². The molecule has 2 heterocycles. The number of benzene rings is 2. The molecule has 27 heavy (non-hydrogen) atoms. The van der Waals surface area contributed by atoms with Crippen LogP contribution in [0, 0.1) is 0 Å². The number of para-hydroxylation sites is 1. The minimum absolute atomic E-state index is 0.0425. The van der Waals surface area contributed by atoms with Crippen molar-refractivity contribution in [1.29, 1.82) is 0 Å². The number of hydrogen-bond acceptors (Lipinski definition) is 5. The third-order valence-corrected chi connectivity index (χ3v) is 4.76. The van der Waals surface area contributed by atoms with Crippen LogP contribution in [-0.4, -0.2) is 44.9 Å². The Balaban J connectivity index is 1.89. The van der Waals surface area contributed by atoms with Crippen LogP contribution in [0.25, 0.3) is 11.3 Å². The Bertz CT molecular complexity index is 1030. The normalized spacial score (nSPS) is 15.9. The molecule has 0 unspecified atom stereocenters. The number of aromatic amines is 1. The quantitative estimate of drug-likeness (QED) is 0.660. The maximum Gasteiger partial charge on any atom is 0.272 e. The van der Waals surface area contributed by atoms with Crippen molar-refractivity contribution < 1.29 is 19.7 Å². The fraction of sp³-hybridized carbons (Fsp3) is 0.200. The van der Waals surface area contributed by atoms with Crippen molar-refractivity contribution in [3.05, 3.63) is 59.3 Å². The zero-order chi connectivity index (χ0) is 19.1. The summed E-state index contributed by atoms with van der Waals surface area (Å²) in [6.07, 6.45) is 0. The Morgan fingerprint density at radius 3 is 2.70 bits per heavy atom. The number of fused-ring (bicyclic) bond motifs is 1. The first-order valence-electron chi connectivity index (χ1n) is 8.62. The van der Waals surface area contributed by atoms with Gasteiger partial charge in [0.15, 0.2) is 11.5 Å². The fourth-order valence-electron chi connectivity index (χ4n) is 3.51. The highest BCUT2D eigenvalue weighted by atomic mass is 16.5. The number of phenols is 2. The number of H-pyrrole nitrogens is 1. The highest BCUT2D eigenvalue weighted by molar-refractivity contribution is 6.00. The number of carbonyl (C=O) groups is 1. The topological polar surface area (TPSA) is 98.7 Å². The second-order valence-electron chi connectivity index (χ2n) is 6.36. The van der Waals surface area contributed by atoms with E-state index in [2.05, 4.69) is 10.2 Å². The summed E-state index contributed by atoms with van der Waals surface area (Å²) in [5, 5.41) is 27.3. The van der Waals surface area contributed by atoms with Gasteiger partial charge in [-0.2, -0.15) is 5.10 Å². The number of nitrogens with zero attached hydrogens (tertiary/aromatic N) is 2. The Hall–Kier alpha value is -3.48. The van der Waals surface area contributed by atoms with Crippen molar-refractivity contribution in [2.24, 2.45) is 0 Å². The minimum atomic E-state index is -0.416. The van der Waals surface area contributed by atoms with Crippen LogP contribution in [0.3, 0.4) is 0 Å². The molecule has 2 aromatic carbocycles. The molecule has 7 heteroatoms. The van der Waals surface area contributed by atoms with E-state index in [4.69, 9.17) is 4.74 Å². The zero-order valence-corrected chi connectivity index (χ0v) is 14.9. The Kier molecular flexibility index (Phi) is 3.99. The van der Waals surface area contributed by atoms with E-state index in [1.54, 1.807) is 54.4 Å². The third-order valence-electron chi connectivity index (χ3n) is 4.76. The molecule has 7 nitrogen and oxygen atoms in total. The zero-order valence-electron chi connectivity index (χ0n) is 14.9. The smallest absolute Gasteiger partial charge is 0.272 e. The van der Waals surface area contributed by atoms with Gasteiger partial charge in [-0.3, -0.25) is 9.89 Å². The van der Waals surface area contributed by atoms with Gasteiger partial charge < -0.3 is 19.8 Å². The second-order valence-corrected chi connectivity index (χ2v) is 6.36. The molecule has 1 amide bonds. The number of aromatic nitrogens is 2. The van der Waals surface area contributed by atoms with Gasteiger partial charge in [-0.05, 0) is 36.8 Å². The van der Waals surface area contributed by atoms with Crippen LogP contribution in [0.4, 0.5) is 0 Å². The van der Waals surface area contributed by atoms with E-state index in [0.717, 1.165) is 5.56 Å². The van der Waals surface area contributed by atoms with Crippen LogP contribution in [-0.2, 0) is 0 Å².